The van der Waals surface area contributed by atoms with E-state index in [4.69, 9.17) is 5.73 Å². The second-order valence-corrected chi connectivity index (χ2v) is 5.62. The highest BCUT2D eigenvalue weighted by atomic mass is 16.1. The lowest BCUT2D eigenvalue weighted by Gasteiger charge is -2.08. The molecule has 23 heavy (non-hydrogen) atoms. The molecule has 4 nitrogen and oxygen atoms in total. The first-order valence-electron chi connectivity index (χ1n) is 7.51. The van der Waals surface area contributed by atoms with Crippen LogP contribution in [0.15, 0.2) is 48.5 Å². The molecule has 112 valence electrons. The predicted molar refractivity (Wildman–Crippen MR) is 89.0 cm³/mol. The molecule has 0 saturated carbocycles. The number of rotatable bonds is 2. The fourth-order valence-electron chi connectivity index (χ4n) is 3.03. The molecule has 0 unspecified atom stereocenters. The molecule has 1 aliphatic carbocycles. The van der Waals surface area contributed by atoms with E-state index in [0.717, 1.165) is 16.7 Å². The van der Waals surface area contributed by atoms with Crippen molar-refractivity contribution in [1.29, 1.82) is 0 Å². The second kappa shape index (κ2) is 5.11. The number of fused-ring (bicyclic) bond motifs is 3. The quantitative estimate of drug-likeness (QED) is 0.617. The van der Waals surface area contributed by atoms with Gasteiger partial charge in [-0.1, -0.05) is 42.5 Å². The van der Waals surface area contributed by atoms with Gasteiger partial charge in [-0.15, -0.1) is 0 Å². The van der Waals surface area contributed by atoms with Crippen LogP contribution in [0, 0.1) is 6.92 Å². The molecular weight excluding hydrogens is 286 g/mol. The van der Waals surface area contributed by atoms with Gasteiger partial charge in [0.15, 0.2) is 5.78 Å². The Labute approximate surface area is 134 Å². The van der Waals surface area contributed by atoms with Gasteiger partial charge in [0.2, 0.25) is 0 Å². The lowest BCUT2D eigenvalue weighted by Crippen LogP contribution is -2.03. The van der Waals surface area contributed by atoms with Gasteiger partial charge in [-0.3, -0.25) is 4.79 Å². The molecule has 1 aliphatic rings. The number of aromatic nitrogens is 2. The molecule has 1 heterocycles. The van der Waals surface area contributed by atoms with Crippen molar-refractivity contribution in [1.82, 2.24) is 9.97 Å². The molecule has 0 atom stereocenters. The summed E-state index contributed by atoms with van der Waals surface area (Å²) in [5.74, 6) is 0.638. The van der Waals surface area contributed by atoms with Crippen molar-refractivity contribution in [3.8, 4) is 22.5 Å². The molecule has 2 N–H and O–H groups in total. The van der Waals surface area contributed by atoms with Crippen LogP contribution < -0.4 is 5.73 Å². The van der Waals surface area contributed by atoms with Gasteiger partial charge in [-0.05, 0) is 18.6 Å². The fourth-order valence-corrected chi connectivity index (χ4v) is 3.03. The first-order valence-corrected chi connectivity index (χ1v) is 7.51. The highest BCUT2D eigenvalue weighted by Gasteiger charge is 2.32. The lowest BCUT2D eigenvalue weighted by atomic mass is 10.0. The number of benzene rings is 2. The summed E-state index contributed by atoms with van der Waals surface area (Å²) in [5.41, 5.74) is 11.2. The van der Waals surface area contributed by atoms with Gasteiger partial charge in [0, 0.05) is 23.2 Å². The summed E-state index contributed by atoms with van der Waals surface area (Å²) >= 11 is 0. The van der Waals surface area contributed by atoms with Crippen LogP contribution in [0.3, 0.4) is 0 Å². The van der Waals surface area contributed by atoms with E-state index in [1.165, 1.54) is 0 Å². The Morgan fingerprint density at radius 1 is 0.957 bits per heavy atom. The molecule has 4 heteroatoms. The van der Waals surface area contributed by atoms with Crippen LogP contribution in [-0.4, -0.2) is 15.8 Å². The van der Waals surface area contributed by atoms with Gasteiger partial charge in [0.1, 0.15) is 5.82 Å². The van der Waals surface area contributed by atoms with Crippen molar-refractivity contribution in [3.63, 3.8) is 0 Å². The third kappa shape index (κ3) is 2.07. The number of hydrogen-bond donors (Lipinski definition) is 1. The molecule has 0 radical (unpaired) electrons. The van der Waals surface area contributed by atoms with Crippen molar-refractivity contribution in [2.75, 3.05) is 0 Å². The van der Waals surface area contributed by atoms with E-state index in [1.54, 1.807) is 0 Å². The van der Waals surface area contributed by atoms with Crippen molar-refractivity contribution >= 4 is 5.78 Å². The number of nitrogens with two attached hydrogens (primary N) is 1. The Balaban J connectivity index is 2.02. The number of carbonyl (C=O) groups is 1. The first kappa shape index (κ1) is 13.8. The zero-order valence-electron chi connectivity index (χ0n) is 12.7. The van der Waals surface area contributed by atoms with Crippen molar-refractivity contribution in [2.45, 2.75) is 13.5 Å². The van der Waals surface area contributed by atoms with Crippen LogP contribution in [0.5, 0.6) is 0 Å². The topological polar surface area (TPSA) is 68.9 Å². The summed E-state index contributed by atoms with van der Waals surface area (Å²) in [4.78, 5) is 22.0. The standard InChI is InChI=1S/C19H15N3O/c1-11-21-17(13-5-3-2-4-6-13)16-18(22-11)15-9-12(10-20)7-8-14(15)19(16)23/h2-9H,10,20H2,1H3. The Morgan fingerprint density at radius 2 is 1.70 bits per heavy atom. The molecule has 3 aromatic rings. The van der Waals surface area contributed by atoms with E-state index in [9.17, 15) is 4.79 Å². The lowest BCUT2D eigenvalue weighted by molar-refractivity contribution is 0.104. The summed E-state index contributed by atoms with van der Waals surface area (Å²) in [6.45, 7) is 2.29. The average molecular weight is 301 g/mol. The molecule has 4 rings (SSSR count). The molecular formula is C19H15N3O. The minimum absolute atomic E-state index is 0.0163. The van der Waals surface area contributed by atoms with Crippen LogP contribution in [0.2, 0.25) is 0 Å². The molecule has 0 amide bonds. The van der Waals surface area contributed by atoms with Gasteiger partial charge in [-0.25, -0.2) is 9.97 Å². The summed E-state index contributed by atoms with van der Waals surface area (Å²) in [5, 5.41) is 0. The third-order valence-electron chi connectivity index (χ3n) is 4.11. The molecule has 0 bridgehead atoms. The molecule has 2 aromatic carbocycles. The number of carbonyl (C=O) groups excluding carboxylic acids is 1. The van der Waals surface area contributed by atoms with E-state index in [0.29, 0.717) is 34.9 Å². The van der Waals surface area contributed by atoms with Crippen LogP contribution in [0.25, 0.3) is 22.5 Å². The highest BCUT2D eigenvalue weighted by molar-refractivity contribution is 6.23. The largest absolute Gasteiger partial charge is 0.326 e. The molecule has 0 fully saturated rings. The molecule has 0 aliphatic heterocycles. The Morgan fingerprint density at radius 3 is 2.43 bits per heavy atom. The fraction of sp³-hybridized carbons (Fsp3) is 0.105. The molecule has 1 aromatic heterocycles. The normalized spacial score (nSPS) is 12.2. The predicted octanol–water partition coefficient (Wildman–Crippen LogP) is 3.12. The smallest absolute Gasteiger partial charge is 0.198 e. The maximum absolute atomic E-state index is 12.9. The van der Waals surface area contributed by atoms with E-state index in [1.807, 2.05) is 55.5 Å². The van der Waals surface area contributed by atoms with E-state index >= 15 is 0 Å². The average Bonchev–Trinajstić information content (AvgIpc) is 2.87. The summed E-state index contributed by atoms with van der Waals surface area (Å²) in [7, 11) is 0. The van der Waals surface area contributed by atoms with Crippen molar-refractivity contribution in [2.24, 2.45) is 5.73 Å². The van der Waals surface area contributed by atoms with Gasteiger partial charge in [-0.2, -0.15) is 0 Å². The Kier molecular flexibility index (Phi) is 3.06. The molecule has 0 saturated heterocycles. The minimum Gasteiger partial charge on any atom is -0.326 e. The number of nitrogens with zero attached hydrogens (tertiary/aromatic N) is 2. The van der Waals surface area contributed by atoms with Gasteiger partial charge < -0.3 is 5.73 Å². The zero-order chi connectivity index (χ0) is 16.0. The van der Waals surface area contributed by atoms with Crippen LogP contribution in [-0.2, 0) is 6.54 Å². The minimum atomic E-state index is -0.0163. The SMILES string of the molecule is Cc1nc(-c2ccccc2)c2c(n1)-c1cc(CN)ccc1C2=O. The zero-order valence-corrected chi connectivity index (χ0v) is 12.7. The van der Waals surface area contributed by atoms with Crippen LogP contribution in [0.4, 0.5) is 0 Å². The van der Waals surface area contributed by atoms with E-state index < -0.39 is 0 Å². The Hall–Kier alpha value is -2.85. The van der Waals surface area contributed by atoms with Gasteiger partial charge in [0.25, 0.3) is 0 Å². The first-order chi connectivity index (χ1) is 11.2. The van der Waals surface area contributed by atoms with Crippen LogP contribution in [0.1, 0.15) is 27.3 Å². The monoisotopic (exact) mass is 301 g/mol. The van der Waals surface area contributed by atoms with Crippen molar-refractivity contribution in [3.05, 3.63) is 71.0 Å². The van der Waals surface area contributed by atoms with Crippen molar-refractivity contribution < 1.29 is 4.79 Å². The number of aryl methyl sites for hydroxylation is 1. The summed E-state index contributed by atoms with van der Waals surface area (Å²) in [6.07, 6.45) is 0. The van der Waals surface area contributed by atoms with Crippen LogP contribution >= 0.6 is 0 Å². The van der Waals surface area contributed by atoms with Gasteiger partial charge >= 0.3 is 0 Å². The maximum Gasteiger partial charge on any atom is 0.198 e. The second-order valence-electron chi connectivity index (χ2n) is 5.62. The summed E-state index contributed by atoms with van der Waals surface area (Å²) in [6, 6.07) is 15.4. The maximum atomic E-state index is 12.9. The highest BCUT2D eigenvalue weighted by Crippen LogP contribution is 2.39. The van der Waals surface area contributed by atoms with E-state index in [-0.39, 0.29) is 5.78 Å². The number of ketones is 1. The van der Waals surface area contributed by atoms with E-state index in [2.05, 4.69) is 9.97 Å². The third-order valence-corrected chi connectivity index (χ3v) is 4.11. The summed E-state index contributed by atoms with van der Waals surface area (Å²) < 4.78 is 0. The number of hydrogen-bond acceptors (Lipinski definition) is 4. The van der Waals surface area contributed by atoms with Gasteiger partial charge in [0.05, 0.1) is 17.0 Å². The Bertz CT molecular complexity index is 933. The molecule has 0 spiro atoms.